The number of rotatable bonds is 2. The van der Waals surface area contributed by atoms with Crippen molar-refractivity contribution < 1.29 is 0 Å². The molecule has 0 saturated carbocycles. The SMILES string of the molecule is Nc1ccnc(CCl)c1-c1ccccc1. The lowest BCUT2D eigenvalue weighted by Gasteiger charge is -2.09. The monoisotopic (exact) mass is 218 g/mol. The van der Waals surface area contributed by atoms with E-state index in [0.717, 1.165) is 16.8 Å². The number of aromatic nitrogens is 1. The molecule has 1 aromatic heterocycles. The smallest absolute Gasteiger partial charge is 0.0654 e. The van der Waals surface area contributed by atoms with Gasteiger partial charge in [-0.1, -0.05) is 30.3 Å². The van der Waals surface area contributed by atoms with Crippen molar-refractivity contribution in [3.8, 4) is 11.1 Å². The van der Waals surface area contributed by atoms with E-state index in [0.29, 0.717) is 11.6 Å². The van der Waals surface area contributed by atoms with E-state index in [4.69, 9.17) is 17.3 Å². The Morgan fingerprint density at radius 1 is 1.13 bits per heavy atom. The highest BCUT2D eigenvalue weighted by Gasteiger charge is 2.08. The van der Waals surface area contributed by atoms with Gasteiger partial charge in [-0.2, -0.15) is 0 Å². The van der Waals surface area contributed by atoms with Gasteiger partial charge in [0.2, 0.25) is 0 Å². The lowest BCUT2D eigenvalue weighted by molar-refractivity contribution is 1.18. The van der Waals surface area contributed by atoms with Crippen molar-refractivity contribution >= 4 is 17.3 Å². The molecule has 0 bridgehead atoms. The summed E-state index contributed by atoms with van der Waals surface area (Å²) in [6.45, 7) is 0. The second-order valence-corrected chi connectivity index (χ2v) is 3.49. The number of halogens is 1. The Balaban J connectivity index is 2.61. The molecule has 0 aliphatic rings. The molecule has 0 fully saturated rings. The molecular weight excluding hydrogens is 208 g/mol. The second kappa shape index (κ2) is 4.32. The Morgan fingerprint density at radius 2 is 1.87 bits per heavy atom. The molecule has 0 unspecified atom stereocenters. The van der Waals surface area contributed by atoms with Crippen molar-refractivity contribution in [3.63, 3.8) is 0 Å². The van der Waals surface area contributed by atoms with E-state index in [1.807, 2.05) is 30.3 Å². The maximum Gasteiger partial charge on any atom is 0.0654 e. The first-order valence-electron chi connectivity index (χ1n) is 4.67. The molecule has 0 aliphatic heterocycles. The van der Waals surface area contributed by atoms with Crippen LogP contribution in [0, 0.1) is 0 Å². The number of hydrogen-bond acceptors (Lipinski definition) is 2. The summed E-state index contributed by atoms with van der Waals surface area (Å²) >= 11 is 5.84. The van der Waals surface area contributed by atoms with E-state index >= 15 is 0 Å². The summed E-state index contributed by atoms with van der Waals surface area (Å²) in [5, 5.41) is 0. The van der Waals surface area contributed by atoms with E-state index in [2.05, 4.69) is 4.98 Å². The van der Waals surface area contributed by atoms with Gasteiger partial charge in [0, 0.05) is 17.4 Å². The molecule has 3 heteroatoms. The van der Waals surface area contributed by atoms with Crippen LogP contribution in [0.5, 0.6) is 0 Å². The Kier molecular flexibility index (Phi) is 2.88. The minimum atomic E-state index is 0.370. The Morgan fingerprint density at radius 3 is 2.53 bits per heavy atom. The van der Waals surface area contributed by atoms with Crippen LogP contribution in [0.3, 0.4) is 0 Å². The van der Waals surface area contributed by atoms with E-state index in [9.17, 15) is 0 Å². The largest absolute Gasteiger partial charge is 0.398 e. The number of nitrogen functional groups attached to an aromatic ring is 1. The molecule has 1 heterocycles. The number of anilines is 1. The third-order valence-corrected chi connectivity index (χ3v) is 2.50. The van der Waals surface area contributed by atoms with Gasteiger partial charge in [-0.3, -0.25) is 4.98 Å². The van der Waals surface area contributed by atoms with Crippen molar-refractivity contribution in [2.45, 2.75) is 5.88 Å². The standard InChI is InChI=1S/C12H11ClN2/c13-8-11-12(10(14)6-7-15-11)9-4-2-1-3-5-9/h1-7H,8H2,(H2,14,15). The van der Waals surface area contributed by atoms with Gasteiger partial charge in [0.15, 0.2) is 0 Å². The normalized spacial score (nSPS) is 10.2. The highest BCUT2D eigenvalue weighted by Crippen LogP contribution is 2.28. The van der Waals surface area contributed by atoms with Gasteiger partial charge in [-0.25, -0.2) is 0 Å². The third kappa shape index (κ3) is 1.95. The fourth-order valence-corrected chi connectivity index (χ4v) is 1.76. The molecule has 0 atom stereocenters. The molecular formula is C12H11ClN2. The van der Waals surface area contributed by atoms with Crippen LogP contribution in [0.25, 0.3) is 11.1 Å². The van der Waals surface area contributed by atoms with Gasteiger partial charge in [0.1, 0.15) is 0 Å². The fourth-order valence-electron chi connectivity index (χ4n) is 1.56. The average Bonchev–Trinajstić information content (AvgIpc) is 2.29. The van der Waals surface area contributed by atoms with Crippen LogP contribution in [-0.4, -0.2) is 4.98 Å². The van der Waals surface area contributed by atoms with Crippen LogP contribution < -0.4 is 5.73 Å². The summed E-state index contributed by atoms with van der Waals surface area (Å²) in [4.78, 5) is 4.22. The molecule has 0 saturated heterocycles. The van der Waals surface area contributed by atoms with Crippen LogP contribution in [0.15, 0.2) is 42.6 Å². The lowest BCUT2D eigenvalue weighted by atomic mass is 10.0. The minimum Gasteiger partial charge on any atom is -0.398 e. The molecule has 0 aliphatic carbocycles. The van der Waals surface area contributed by atoms with Gasteiger partial charge < -0.3 is 5.73 Å². The van der Waals surface area contributed by atoms with Crippen LogP contribution in [0.2, 0.25) is 0 Å². The minimum absolute atomic E-state index is 0.370. The van der Waals surface area contributed by atoms with Gasteiger partial charge in [-0.15, -0.1) is 11.6 Å². The summed E-state index contributed by atoms with van der Waals surface area (Å²) in [5.74, 6) is 0.370. The van der Waals surface area contributed by atoms with Crippen LogP contribution in [-0.2, 0) is 5.88 Å². The van der Waals surface area contributed by atoms with E-state index in [1.54, 1.807) is 12.3 Å². The zero-order valence-electron chi connectivity index (χ0n) is 8.15. The van der Waals surface area contributed by atoms with Crippen molar-refractivity contribution in [2.24, 2.45) is 0 Å². The molecule has 1 aromatic carbocycles. The maximum atomic E-state index is 5.93. The maximum absolute atomic E-state index is 5.93. The highest BCUT2D eigenvalue weighted by atomic mass is 35.5. The summed E-state index contributed by atoms with van der Waals surface area (Å²) in [7, 11) is 0. The van der Waals surface area contributed by atoms with Crippen molar-refractivity contribution in [2.75, 3.05) is 5.73 Å². The number of nitrogens with zero attached hydrogens (tertiary/aromatic N) is 1. The quantitative estimate of drug-likeness (QED) is 0.787. The topological polar surface area (TPSA) is 38.9 Å². The number of benzene rings is 1. The van der Waals surface area contributed by atoms with Gasteiger partial charge in [0.05, 0.1) is 11.6 Å². The molecule has 0 radical (unpaired) electrons. The van der Waals surface area contributed by atoms with Crippen molar-refractivity contribution in [1.29, 1.82) is 0 Å². The van der Waals surface area contributed by atoms with Crippen LogP contribution in [0.1, 0.15) is 5.69 Å². The molecule has 76 valence electrons. The average molecular weight is 219 g/mol. The molecule has 0 spiro atoms. The van der Waals surface area contributed by atoms with Gasteiger partial charge in [0.25, 0.3) is 0 Å². The second-order valence-electron chi connectivity index (χ2n) is 3.22. The molecule has 2 N–H and O–H groups in total. The Hall–Kier alpha value is -1.54. The summed E-state index contributed by atoms with van der Waals surface area (Å²) in [6, 6.07) is 11.7. The summed E-state index contributed by atoms with van der Waals surface area (Å²) < 4.78 is 0. The lowest BCUT2D eigenvalue weighted by Crippen LogP contribution is -1.96. The predicted octanol–water partition coefficient (Wildman–Crippen LogP) is 3.07. The zero-order valence-corrected chi connectivity index (χ0v) is 8.91. The third-order valence-electron chi connectivity index (χ3n) is 2.25. The fraction of sp³-hybridized carbons (Fsp3) is 0.0833. The van der Waals surface area contributed by atoms with E-state index in [1.165, 1.54) is 0 Å². The Labute approximate surface area is 93.7 Å². The Bertz CT molecular complexity index is 454. The number of alkyl halides is 1. The van der Waals surface area contributed by atoms with Crippen LogP contribution in [0.4, 0.5) is 5.69 Å². The molecule has 2 rings (SSSR count). The molecule has 0 amide bonds. The first kappa shape index (κ1) is 9.99. The number of pyridine rings is 1. The molecule has 15 heavy (non-hydrogen) atoms. The van der Waals surface area contributed by atoms with Gasteiger partial charge >= 0.3 is 0 Å². The van der Waals surface area contributed by atoms with E-state index < -0.39 is 0 Å². The van der Waals surface area contributed by atoms with Gasteiger partial charge in [-0.05, 0) is 11.6 Å². The first-order valence-corrected chi connectivity index (χ1v) is 5.21. The summed E-state index contributed by atoms with van der Waals surface area (Å²) in [6.07, 6.45) is 1.68. The number of hydrogen-bond donors (Lipinski definition) is 1. The first-order chi connectivity index (χ1) is 7.33. The zero-order chi connectivity index (χ0) is 10.7. The number of nitrogens with two attached hydrogens (primary N) is 1. The predicted molar refractivity (Wildman–Crippen MR) is 63.6 cm³/mol. The molecule has 2 nitrogen and oxygen atoms in total. The van der Waals surface area contributed by atoms with Crippen molar-refractivity contribution in [1.82, 2.24) is 4.98 Å². The summed E-state index contributed by atoms with van der Waals surface area (Å²) in [5.41, 5.74) is 9.46. The van der Waals surface area contributed by atoms with E-state index in [-0.39, 0.29) is 0 Å². The van der Waals surface area contributed by atoms with Crippen molar-refractivity contribution in [3.05, 3.63) is 48.3 Å². The molecule has 2 aromatic rings. The van der Waals surface area contributed by atoms with Crippen LogP contribution >= 0.6 is 11.6 Å². The highest BCUT2D eigenvalue weighted by molar-refractivity contribution is 6.17.